The zero-order valence-corrected chi connectivity index (χ0v) is 23.7. The molecule has 2 aliphatic rings. The lowest BCUT2D eigenvalue weighted by molar-refractivity contribution is 0.0603. The Hall–Kier alpha value is -3.01. The maximum absolute atomic E-state index is 12.8. The summed E-state index contributed by atoms with van der Waals surface area (Å²) in [6, 6.07) is 7.29. The molecule has 1 fully saturated rings. The maximum atomic E-state index is 12.8. The molecule has 0 bridgehead atoms. The van der Waals surface area contributed by atoms with E-state index >= 15 is 0 Å². The maximum Gasteiger partial charge on any atom is 0.274 e. The normalized spacial score (nSPS) is 19.3. The Balaban J connectivity index is 1.34. The largest absolute Gasteiger partial charge is 0.499 e. The molecule has 9 nitrogen and oxygen atoms in total. The average Bonchev–Trinajstić information content (AvgIpc) is 2.83. The molecule has 0 unspecified atom stereocenters. The molecule has 3 aromatic rings. The fourth-order valence-electron chi connectivity index (χ4n) is 4.98. The third-order valence-electron chi connectivity index (χ3n) is 8.25. The number of fused-ring (bicyclic) bond motifs is 2. The van der Waals surface area contributed by atoms with Crippen molar-refractivity contribution in [2.24, 2.45) is 0 Å². The number of anilines is 1. The fraction of sp³-hybridized carbons (Fsp3) is 0.458. The van der Waals surface area contributed by atoms with Crippen molar-refractivity contribution in [1.82, 2.24) is 14.6 Å². The minimum Gasteiger partial charge on any atom is -0.499 e. The Morgan fingerprint density at radius 1 is 0.974 bits per heavy atom. The summed E-state index contributed by atoms with van der Waals surface area (Å²) < 4.78 is 25.6. The molecule has 5 rings (SSSR count). The smallest absolute Gasteiger partial charge is 0.274 e. The molecule has 1 aromatic carbocycles. The summed E-state index contributed by atoms with van der Waals surface area (Å²) in [6.07, 6.45) is 1.61. The van der Waals surface area contributed by atoms with E-state index in [0.29, 0.717) is 17.1 Å². The van der Waals surface area contributed by atoms with Gasteiger partial charge < -0.3 is 23.8 Å². The second-order valence-corrected chi connectivity index (χ2v) is 11.7. The van der Waals surface area contributed by atoms with Crippen LogP contribution in [-0.2, 0) is 11.3 Å². The first-order chi connectivity index (χ1) is 17.8. The number of methoxy groups -OCH3 is 1. The van der Waals surface area contributed by atoms with Crippen molar-refractivity contribution in [3.8, 4) is 17.2 Å². The van der Waals surface area contributed by atoms with E-state index in [4.69, 9.17) is 24.0 Å². The Kier molecular flexibility index (Phi) is 6.53. The fourth-order valence-corrected chi connectivity index (χ4v) is 4.98. The van der Waals surface area contributed by atoms with E-state index in [-0.39, 0.29) is 17.7 Å². The molecule has 4 heterocycles. The van der Waals surface area contributed by atoms with Gasteiger partial charge in [-0.25, -0.2) is 4.98 Å². The SMILES string of the molecule is BC1(Oc2ccc3c(c2)OC(B)(B)C(B)(B)O3)CCN(c2nn3c(=O)cc(COC)nc3c(C)c2C)CC1. The molecule has 1 saturated heterocycles. The zero-order chi connectivity index (χ0) is 27.5. The van der Waals surface area contributed by atoms with Crippen LogP contribution in [0.25, 0.3) is 5.65 Å². The predicted molar refractivity (Wildman–Crippen MR) is 160 cm³/mol. The molecule has 194 valence electrons. The molecule has 0 amide bonds. The van der Waals surface area contributed by atoms with E-state index < -0.39 is 10.8 Å². The van der Waals surface area contributed by atoms with E-state index in [2.05, 4.69) is 17.7 Å². The number of rotatable bonds is 5. The third-order valence-corrected chi connectivity index (χ3v) is 8.25. The molecule has 2 aliphatic heterocycles. The Labute approximate surface area is 227 Å². The molecule has 0 atom stereocenters. The van der Waals surface area contributed by atoms with Crippen LogP contribution < -0.4 is 24.7 Å². The summed E-state index contributed by atoms with van der Waals surface area (Å²) in [5, 5.41) is 3.81. The minimum absolute atomic E-state index is 0.207. The van der Waals surface area contributed by atoms with Gasteiger partial charge in [-0.3, -0.25) is 4.79 Å². The van der Waals surface area contributed by atoms with Crippen LogP contribution in [0, 0.1) is 13.8 Å². The highest BCUT2D eigenvalue weighted by Crippen LogP contribution is 2.42. The van der Waals surface area contributed by atoms with Crippen LogP contribution in [0.5, 0.6) is 17.2 Å². The van der Waals surface area contributed by atoms with Crippen molar-refractivity contribution in [3.63, 3.8) is 0 Å². The first-order valence-electron chi connectivity index (χ1n) is 13.2. The lowest BCUT2D eigenvalue weighted by atomic mass is 9.41. The minimum atomic E-state index is -0.473. The molecule has 2 aromatic heterocycles. The van der Waals surface area contributed by atoms with Crippen LogP contribution in [0.4, 0.5) is 5.82 Å². The highest BCUT2D eigenvalue weighted by atomic mass is 16.6. The monoisotopic (exact) mass is 512 g/mol. The van der Waals surface area contributed by atoms with E-state index in [1.54, 1.807) is 7.11 Å². The summed E-state index contributed by atoms with van der Waals surface area (Å²) in [6.45, 7) is 5.82. The Bertz CT molecular complexity index is 1460. The number of piperidine rings is 1. The first kappa shape index (κ1) is 26.6. The molecular formula is C24H33B5N4O5. The highest BCUT2D eigenvalue weighted by Gasteiger charge is 2.44. The van der Waals surface area contributed by atoms with E-state index in [0.717, 1.165) is 54.4 Å². The summed E-state index contributed by atoms with van der Waals surface area (Å²) in [4.78, 5) is 19.6. The number of hydrogen-bond acceptors (Lipinski definition) is 8. The van der Waals surface area contributed by atoms with Crippen LogP contribution in [0.1, 0.15) is 29.7 Å². The number of aryl methyl sites for hydroxylation is 1. The third kappa shape index (κ3) is 4.68. The summed E-state index contributed by atoms with van der Waals surface area (Å²) in [5.41, 5.74) is 2.59. The van der Waals surface area contributed by atoms with Crippen molar-refractivity contribution in [2.75, 3.05) is 25.1 Å². The quantitative estimate of drug-likeness (QED) is 0.347. The second kappa shape index (κ2) is 9.33. The van der Waals surface area contributed by atoms with E-state index in [1.807, 2.05) is 63.4 Å². The molecular weight excluding hydrogens is 478 g/mol. The van der Waals surface area contributed by atoms with Gasteiger partial charge in [0.1, 0.15) is 37.1 Å². The topological polar surface area (TPSA) is 87.4 Å². The van der Waals surface area contributed by atoms with Crippen LogP contribution in [0.2, 0.25) is 0 Å². The van der Waals surface area contributed by atoms with Gasteiger partial charge in [0.15, 0.2) is 30.8 Å². The van der Waals surface area contributed by atoms with Gasteiger partial charge in [0, 0.05) is 43.5 Å². The molecule has 38 heavy (non-hydrogen) atoms. The predicted octanol–water partition coefficient (Wildman–Crippen LogP) is -2.53. The van der Waals surface area contributed by atoms with Crippen molar-refractivity contribution < 1.29 is 18.9 Å². The van der Waals surface area contributed by atoms with Crippen molar-refractivity contribution in [1.29, 1.82) is 0 Å². The summed E-state index contributed by atoms with van der Waals surface area (Å²) in [5.74, 6) is 3.00. The van der Waals surface area contributed by atoms with Crippen molar-refractivity contribution in [2.45, 2.75) is 49.6 Å². The van der Waals surface area contributed by atoms with E-state index in [1.165, 1.54) is 10.6 Å². The average molecular weight is 512 g/mol. The zero-order valence-electron chi connectivity index (χ0n) is 23.7. The molecule has 14 heteroatoms. The van der Waals surface area contributed by atoms with Crippen molar-refractivity contribution in [3.05, 3.63) is 51.4 Å². The standard InChI is InChI=1S/C24H33B5N4O5/c1-13-14(2)21(31-33-19(34)10-15(12-35-3)30-20(13)33)32-8-6-22(25,7-9-32)36-16-4-5-17-18(11-16)38-24(28,29)23(26,27)37-17/h4-5,10-11H,6-9,12,25-29H2,1-3H3. The highest BCUT2D eigenvalue weighted by molar-refractivity contribution is 6.53. The lowest BCUT2D eigenvalue weighted by Crippen LogP contribution is -2.65. The first-order valence-corrected chi connectivity index (χ1v) is 13.2. The molecule has 0 N–H and O–H groups in total. The number of hydrogen-bond donors (Lipinski definition) is 0. The summed E-state index contributed by atoms with van der Waals surface area (Å²) in [7, 11) is 11.9. The number of benzene rings is 1. The van der Waals surface area contributed by atoms with Gasteiger partial charge in [-0.2, -0.15) is 4.52 Å². The number of aromatic nitrogens is 3. The van der Waals surface area contributed by atoms with Gasteiger partial charge in [0.2, 0.25) is 0 Å². The van der Waals surface area contributed by atoms with Crippen molar-refractivity contribution >= 4 is 50.7 Å². The van der Waals surface area contributed by atoms with E-state index in [9.17, 15) is 4.79 Å². The van der Waals surface area contributed by atoms with Gasteiger partial charge in [-0.15, -0.1) is 5.10 Å². The van der Waals surface area contributed by atoms with Crippen LogP contribution in [0.3, 0.4) is 0 Å². The second-order valence-electron chi connectivity index (χ2n) is 11.7. The lowest BCUT2D eigenvalue weighted by Gasteiger charge is -2.47. The van der Waals surface area contributed by atoms with Gasteiger partial charge in [0.25, 0.3) is 5.56 Å². The molecule has 0 aliphatic carbocycles. The summed E-state index contributed by atoms with van der Waals surface area (Å²) >= 11 is 0. The molecule has 0 spiro atoms. The van der Waals surface area contributed by atoms with Crippen LogP contribution in [-0.4, -0.2) is 90.3 Å². The van der Waals surface area contributed by atoms with Gasteiger partial charge >= 0.3 is 0 Å². The number of ether oxygens (including phenoxy) is 4. The molecule has 0 radical (unpaired) electrons. The number of nitrogens with zero attached hydrogens (tertiary/aromatic N) is 4. The molecule has 0 saturated carbocycles. The van der Waals surface area contributed by atoms with Gasteiger partial charge in [-0.05, 0) is 38.8 Å². The van der Waals surface area contributed by atoms with Gasteiger partial charge in [0.05, 0.1) is 28.6 Å². The van der Waals surface area contributed by atoms with Gasteiger partial charge in [-0.1, -0.05) is 0 Å². The Morgan fingerprint density at radius 2 is 1.63 bits per heavy atom. The van der Waals surface area contributed by atoms with Crippen LogP contribution in [0.15, 0.2) is 29.1 Å². The van der Waals surface area contributed by atoms with Crippen LogP contribution >= 0.6 is 0 Å². The Morgan fingerprint density at radius 3 is 2.29 bits per heavy atom.